The van der Waals surface area contributed by atoms with Crippen LogP contribution in [0, 0.1) is 6.92 Å². The first-order chi connectivity index (χ1) is 9.12. The summed E-state index contributed by atoms with van der Waals surface area (Å²) >= 11 is 1.73. The predicted octanol–water partition coefficient (Wildman–Crippen LogP) is 3.40. The van der Waals surface area contributed by atoms with Gasteiger partial charge in [-0.2, -0.15) is 4.98 Å². The Bertz CT molecular complexity index is 581. The summed E-state index contributed by atoms with van der Waals surface area (Å²) in [5.41, 5.74) is 7.27. The molecule has 0 atom stereocenters. The fourth-order valence-corrected chi connectivity index (χ4v) is 3.77. The largest absolute Gasteiger partial charge is 0.333 e. The molecule has 19 heavy (non-hydrogen) atoms. The van der Waals surface area contributed by atoms with E-state index < -0.39 is 0 Å². The quantitative estimate of drug-likeness (QED) is 0.934. The molecule has 1 aliphatic carbocycles. The van der Waals surface area contributed by atoms with E-state index >= 15 is 0 Å². The maximum atomic E-state index is 6.35. The van der Waals surface area contributed by atoms with Crippen molar-refractivity contribution in [1.29, 1.82) is 0 Å². The monoisotopic (exact) mass is 277 g/mol. The van der Waals surface area contributed by atoms with E-state index in [-0.39, 0.29) is 5.54 Å². The van der Waals surface area contributed by atoms with Gasteiger partial charge in [0.2, 0.25) is 0 Å². The summed E-state index contributed by atoms with van der Waals surface area (Å²) in [4.78, 5) is 6.95. The van der Waals surface area contributed by atoms with Crippen molar-refractivity contribution in [2.75, 3.05) is 0 Å². The van der Waals surface area contributed by atoms with Gasteiger partial charge in [0.25, 0.3) is 5.89 Å². The van der Waals surface area contributed by atoms with Crippen LogP contribution in [0.4, 0.5) is 0 Å². The van der Waals surface area contributed by atoms with Crippen LogP contribution in [0.1, 0.15) is 48.9 Å². The highest BCUT2D eigenvalue weighted by molar-refractivity contribution is 7.15. The summed E-state index contributed by atoms with van der Waals surface area (Å²) in [6.45, 7) is 4.28. The highest BCUT2D eigenvalue weighted by atomic mass is 32.1. The third kappa shape index (κ3) is 2.21. The third-order valence-electron chi connectivity index (χ3n) is 3.92. The molecule has 0 radical (unpaired) electrons. The van der Waals surface area contributed by atoms with Gasteiger partial charge in [0.1, 0.15) is 0 Å². The van der Waals surface area contributed by atoms with Crippen molar-refractivity contribution >= 4 is 11.3 Å². The molecule has 5 heteroatoms. The van der Waals surface area contributed by atoms with Crippen molar-refractivity contribution in [2.45, 2.75) is 51.5 Å². The number of nitrogens with zero attached hydrogens (tertiary/aromatic N) is 2. The van der Waals surface area contributed by atoms with E-state index in [0.29, 0.717) is 11.7 Å². The van der Waals surface area contributed by atoms with E-state index in [1.807, 2.05) is 0 Å². The minimum Gasteiger partial charge on any atom is -0.333 e. The number of aromatic nitrogens is 2. The molecule has 4 nitrogen and oxygen atoms in total. The minimum absolute atomic E-state index is 0.373. The summed E-state index contributed by atoms with van der Waals surface area (Å²) in [5, 5.41) is 4.11. The average Bonchev–Trinajstić information content (AvgIpc) is 3.07. The molecule has 0 amide bonds. The predicted molar refractivity (Wildman–Crippen MR) is 76.1 cm³/mol. The van der Waals surface area contributed by atoms with E-state index in [4.69, 9.17) is 10.3 Å². The van der Waals surface area contributed by atoms with Crippen molar-refractivity contribution in [3.05, 3.63) is 22.3 Å². The Morgan fingerprint density at radius 1 is 1.42 bits per heavy atom. The molecule has 2 aromatic heterocycles. The van der Waals surface area contributed by atoms with Gasteiger partial charge in [-0.3, -0.25) is 0 Å². The van der Waals surface area contributed by atoms with Crippen LogP contribution < -0.4 is 5.73 Å². The molecule has 0 aliphatic heterocycles. The Morgan fingerprint density at radius 2 is 2.16 bits per heavy atom. The van der Waals surface area contributed by atoms with Gasteiger partial charge in [-0.1, -0.05) is 24.9 Å². The van der Waals surface area contributed by atoms with E-state index in [1.54, 1.807) is 11.3 Å². The molecule has 0 unspecified atom stereocenters. The van der Waals surface area contributed by atoms with Crippen LogP contribution in [0.3, 0.4) is 0 Å². The van der Waals surface area contributed by atoms with Gasteiger partial charge in [-0.15, -0.1) is 11.3 Å². The summed E-state index contributed by atoms with van der Waals surface area (Å²) < 4.78 is 5.41. The zero-order valence-corrected chi connectivity index (χ0v) is 12.2. The second kappa shape index (κ2) is 4.72. The van der Waals surface area contributed by atoms with Gasteiger partial charge in [-0.25, -0.2) is 0 Å². The van der Waals surface area contributed by atoms with Crippen LogP contribution in [-0.4, -0.2) is 10.1 Å². The fourth-order valence-electron chi connectivity index (χ4n) is 2.73. The lowest BCUT2D eigenvalue weighted by atomic mass is 9.99. The van der Waals surface area contributed by atoms with Crippen LogP contribution in [0.25, 0.3) is 10.8 Å². The molecule has 1 saturated carbocycles. The summed E-state index contributed by atoms with van der Waals surface area (Å²) in [7, 11) is 0. The summed E-state index contributed by atoms with van der Waals surface area (Å²) in [5.74, 6) is 1.28. The van der Waals surface area contributed by atoms with Gasteiger partial charge < -0.3 is 10.3 Å². The first-order valence-electron chi connectivity index (χ1n) is 6.85. The molecular weight excluding hydrogens is 258 g/mol. The van der Waals surface area contributed by atoms with Gasteiger partial charge in [-0.05, 0) is 37.8 Å². The first-order valence-corrected chi connectivity index (χ1v) is 7.67. The molecule has 2 N–H and O–H groups in total. The van der Waals surface area contributed by atoms with Crippen molar-refractivity contribution in [1.82, 2.24) is 10.1 Å². The fraction of sp³-hybridized carbons (Fsp3) is 0.571. The third-order valence-corrected chi connectivity index (χ3v) is 5.29. The highest BCUT2D eigenvalue weighted by Crippen LogP contribution is 2.36. The summed E-state index contributed by atoms with van der Waals surface area (Å²) in [6.07, 6.45) is 5.25. The van der Waals surface area contributed by atoms with Crippen LogP contribution in [0.5, 0.6) is 0 Å². The Morgan fingerprint density at radius 3 is 2.79 bits per heavy atom. The molecule has 3 rings (SSSR count). The lowest BCUT2D eigenvalue weighted by Crippen LogP contribution is -2.34. The molecule has 1 fully saturated rings. The molecule has 2 aromatic rings. The maximum Gasteiger partial charge on any atom is 0.268 e. The number of hydrogen-bond donors (Lipinski definition) is 1. The smallest absolute Gasteiger partial charge is 0.268 e. The Balaban J connectivity index is 1.92. The van der Waals surface area contributed by atoms with Crippen molar-refractivity contribution in [3.8, 4) is 10.8 Å². The molecule has 0 aromatic carbocycles. The number of nitrogens with two attached hydrogens (primary N) is 1. The Kier molecular flexibility index (Phi) is 3.19. The SMILES string of the molecule is CCc1sc(-c2nc(C3(N)CCCC3)no2)cc1C. The second-order valence-corrected chi connectivity index (χ2v) is 6.49. The lowest BCUT2D eigenvalue weighted by Gasteiger charge is -2.17. The van der Waals surface area contributed by atoms with E-state index in [9.17, 15) is 0 Å². The van der Waals surface area contributed by atoms with Crippen LogP contribution in [-0.2, 0) is 12.0 Å². The van der Waals surface area contributed by atoms with E-state index in [2.05, 4.69) is 30.1 Å². The first kappa shape index (κ1) is 12.8. The van der Waals surface area contributed by atoms with Gasteiger partial charge in [0.15, 0.2) is 5.82 Å². The minimum atomic E-state index is -0.373. The number of hydrogen-bond acceptors (Lipinski definition) is 5. The summed E-state index contributed by atoms with van der Waals surface area (Å²) in [6, 6.07) is 2.12. The Labute approximate surface area is 117 Å². The number of rotatable bonds is 3. The molecular formula is C14H19N3OS. The van der Waals surface area contributed by atoms with Crippen LogP contribution in [0.15, 0.2) is 10.6 Å². The van der Waals surface area contributed by atoms with Crippen molar-refractivity contribution in [2.24, 2.45) is 5.73 Å². The molecule has 0 saturated heterocycles. The maximum absolute atomic E-state index is 6.35. The van der Waals surface area contributed by atoms with E-state index in [1.165, 1.54) is 10.4 Å². The highest BCUT2D eigenvalue weighted by Gasteiger charge is 2.36. The molecule has 1 aliphatic rings. The van der Waals surface area contributed by atoms with Gasteiger partial charge >= 0.3 is 0 Å². The van der Waals surface area contributed by atoms with Crippen molar-refractivity contribution in [3.63, 3.8) is 0 Å². The topological polar surface area (TPSA) is 64.9 Å². The van der Waals surface area contributed by atoms with Gasteiger partial charge in [0.05, 0.1) is 10.4 Å². The Hall–Kier alpha value is -1.20. The zero-order valence-electron chi connectivity index (χ0n) is 11.4. The standard InChI is InChI=1S/C14H19N3OS/c1-3-10-9(2)8-11(19-10)12-16-13(17-18-12)14(15)6-4-5-7-14/h8H,3-7,15H2,1-2H3. The average molecular weight is 277 g/mol. The number of aryl methyl sites for hydroxylation is 2. The second-order valence-electron chi connectivity index (χ2n) is 5.36. The van der Waals surface area contributed by atoms with Crippen LogP contribution in [0.2, 0.25) is 0 Å². The number of thiophene rings is 1. The molecule has 0 bridgehead atoms. The van der Waals surface area contributed by atoms with E-state index in [0.717, 1.165) is 37.0 Å². The molecule has 0 spiro atoms. The van der Waals surface area contributed by atoms with Crippen molar-refractivity contribution < 1.29 is 4.52 Å². The normalized spacial score (nSPS) is 18.1. The zero-order chi connectivity index (χ0) is 13.5. The van der Waals surface area contributed by atoms with Crippen LogP contribution >= 0.6 is 11.3 Å². The lowest BCUT2D eigenvalue weighted by molar-refractivity contribution is 0.373. The molecule has 102 valence electrons. The molecule has 2 heterocycles. The van der Waals surface area contributed by atoms with Gasteiger partial charge in [0, 0.05) is 4.88 Å².